The Kier molecular flexibility index (Phi) is 5.81. The molecule has 1 aromatic heterocycles. The number of hydrogen-bond acceptors (Lipinski definition) is 4. The average Bonchev–Trinajstić information content (AvgIpc) is 2.68. The molecule has 5 nitrogen and oxygen atoms in total. The molecule has 2 aromatic carbocycles. The van der Waals surface area contributed by atoms with E-state index in [1.165, 1.54) is 6.20 Å². The Morgan fingerprint density at radius 1 is 1.04 bits per heavy atom. The molecule has 0 spiro atoms. The number of nitrogens with one attached hydrogen (secondary N) is 2. The fourth-order valence-electron chi connectivity index (χ4n) is 2.43. The summed E-state index contributed by atoms with van der Waals surface area (Å²) in [5, 5.41) is 6.79. The Morgan fingerprint density at radius 2 is 1.77 bits per heavy atom. The summed E-state index contributed by atoms with van der Waals surface area (Å²) in [6.07, 6.45) is 3.02. The number of anilines is 1. The van der Waals surface area contributed by atoms with Crippen LogP contribution in [0.1, 0.15) is 34.6 Å². The molecule has 1 atom stereocenters. The van der Waals surface area contributed by atoms with Gasteiger partial charge < -0.3 is 10.6 Å². The van der Waals surface area contributed by atoms with Crippen LogP contribution in [0, 0.1) is 0 Å². The van der Waals surface area contributed by atoms with Crippen molar-refractivity contribution in [3.63, 3.8) is 0 Å². The van der Waals surface area contributed by atoms with Crippen LogP contribution < -0.4 is 10.6 Å². The van der Waals surface area contributed by atoms with E-state index in [0.29, 0.717) is 17.4 Å². The highest BCUT2D eigenvalue weighted by atomic mass is 35.5. The molecule has 6 heteroatoms. The van der Waals surface area contributed by atoms with Crippen LogP contribution in [-0.2, 0) is 6.54 Å². The lowest BCUT2D eigenvalue weighted by Crippen LogP contribution is -2.27. The Balaban J connectivity index is 1.56. The quantitative estimate of drug-likeness (QED) is 0.685. The summed E-state index contributed by atoms with van der Waals surface area (Å²) in [5.41, 5.74) is 2.40. The number of rotatable bonds is 6. The monoisotopic (exact) mass is 366 g/mol. The Labute approximate surface area is 157 Å². The smallest absolute Gasteiger partial charge is 0.271 e. The van der Waals surface area contributed by atoms with Crippen molar-refractivity contribution in [2.24, 2.45) is 0 Å². The summed E-state index contributed by atoms with van der Waals surface area (Å²) in [5.74, 6) is 0.353. The molecule has 26 heavy (non-hydrogen) atoms. The first-order valence-electron chi connectivity index (χ1n) is 8.28. The number of carbonyl (C=O) groups is 1. The molecule has 0 aliphatic heterocycles. The van der Waals surface area contributed by atoms with Gasteiger partial charge in [-0.2, -0.15) is 0 Å². The molecule has 1 amide bonds. The highest BCUT2D eigenvalue weighted by molar-refractivity contribution is 6.30. The third-order valence-corrected chi connectivity index (χ3v) is 4.17. The first-order valence-corrected chi connectivity index (χ1v) is 8.66. The van der Waals surface area contributed by atoms with E-state index < -0.39 is 0 Å². The normalized spacial score (nSPS) is 11.6. The molecule has 0 fully saturated rings. The summed E-state index contributed by atoms with van der Waals surface area (Å²) in [7, 11) is 0. The number of halogens is 1. The zero-order valence-corrected chi connectivity index (χ0v) is 15.1. The summed E-state index contributed by atoms with van der Waals surface area (Å²) >= 11 is 5.87. The van der Waals surface area contributed by atoms with Crippen molar-refractivity contribution in [1.82, 2.24) is 15.3 Å². The van der Waals surface area contributed by atoms with Crippen LogP contribution in [-0.4, -0.2) is 15.9 Å². The Bertz CT molecular complexity index is 851. The third-order valence-electron chi connectivity index (χ3n) is 3.92. The maximum atomic E-state index is 12.3. The van der Waals surface area contributed by atoms with Crippen LogP contribution in [0.3, 0.4) is 0 Å². The molecule has 0 radical (unpaired) electrons. The van der Waals surface area contributed by atoms with Crippen molar-refractivity contribution < 1.29 is 4.79 Å². The van der Waals surface area contributed by atoms with E-state index in [1.807, 2.05) is 61.5 Å². The Morgan fingerprint density at radius 3 is 2.42 bits per heavy atom. The topological polar surface area (TPSA) is 66.9 Å². The SMILES string of the molecule is CC(NC(=O)c1cnc(NCc2ccc(Cl)cc2)cn1)c1ccccc1. The molecule has 2 N–H and O–H groups in total. The van der Waals surface area contributed by atoms with Crippen molar-refractivity contribution in [1.29, 1.82) is 0 Å². The van der Waals surface area contributed by atoms with Crippen LogP contribution >= 0.6 is 11.6 Å². The number of benzene rings is 2. The van der Waals surface area contributed by atoms with Gasteiger partial charge in [-0.15, -0.1) is 0 Å². The number of aromatic nitrogens is 2. The molecule has 1 heterocycles. The van der Waals surface area contributed by atoms with Crippen molar-refractivity contribution in [2.75, 3.05) is 5.32 Å². The third kappa shape index (κ3) is 4.80. The molecule has 1 unspecified atom stereocenters. The highest BCUT2D eigenvalue weighted by Gasteiger charge is 2.12. The zero-order chi connectivity index (χ0) is 18.4. The first kappa shape index (κ1) is 17.9. The fraction of sp³-hybridized carbons (Fsp3) is 0.150. The molecular weight excluding hydrogens is 348 g/mol. The maximum Gasteiger partial charge on any atom is 0.271 e. The second-order valence-electron chi connectivity index (χ2n) is 5.87. The van der Waals surface area contributed by atoms with E-state index >= 15 is 0 Å². The van der Waals surface area contributed by atoms with Gasteiger partial charge >= 0.3 is 0 Å². The molecule has 3 rings (SSSR count). The van der Waals surface area contributed by atoms with E-state index in [0.717, 1.165) is 11.1 Å². The van der Waals surface area contributed by atoms with E-state index in [-0.39, 0.29) is 17.6 Å². The Hall–Kier alpha value is -2.92. The molecule has 132 valence electrons. The van der Waals surface area contributed by atoms with E-state index in [1.54, 1.807) is 6.20 Å². The van der Waals surface area contributed by atoms with Gasteiger partial charge in [0.1, 0.15) is 11.5 Å². The van der Waals surface area contributed by atoms with Crippen molar-refractivity contribution >= 4 is 23.3 Å². The highest BCUT2D eigenvalue weighted by Crippen LogP contribution is 2.13. The van der Waals surface area contributed by atoms with Gasteiger partial charge in [0.15, 0.2) is 0 Å². The summed E-state index contributed by atoms with van der Waals surface area (Å²) in [6, 6.07) is 17.2. The fourth-order valence-corrected chi connectivity index (χ4v) is 2.55. The molecular formula is C20H19ClN4O. The minimum Gasteiger partial charge on any atom is -0.365 e. The minimum atomic E-state index is -0.252. The second-order valence-corrected chi connectivity index (χ2v) is 6.31. The van der Waals surface area contributed by atoms with Crippen LogP contribution in [0.5, 0.6) is 0 Å². The van der Waals surface area contributed by atoms with E-state index in [4.69, 9.17) is 11.6 Å². The molecule has 0 aliphatic carbocycles. The van der Waals surface area contributed by atoms with E-state index in [2.05, 4.69) is 20.6 Å². The van der Waals surface area contributed by atoms with Gasteiger partial charge in [-0.05, 0) is 30.2 Å². The average molecular weight is 367 g/mol. The lowest BCUT2D eigenvalue weighted by Gasteiger charge is -2.14. The lowest BCUT2D eigenvalue weighted by molar-refractivity contribution is 0.0934. The minimum absolute atomic E-state index is 0.104. The number of hydrogen-bond donors (Lipinski definition) is 2. The predicted octanol–water partition coefficient (Wildman–Crippen LogP) is 4.23. The van der Waals surface area contributed by atoms with Crippen LogP contribution in [0.25, 0.3) is 0 Å². The van der Waals surface area contributed by atoms with Crippen molar-refractivity contribution in [3.8, 4) is 0 Å². The zero-order valence-electron chi connectivity index (χ0n) is 14.3. The van der Waals surface area contributed by atoms with Crippen LogP contribution in [0.4, 0.5) is 5.82 Å². The van der Waals surface area contributed by atoms with Gasteiger partial charge in [0, 0.05) is 11.6 Å². The van der Waals surface area contributed by atoms with Gasteiger partial charge in [0.25, 0.3) is 5.91 Å². The summed E-state index contributed by atoms with van der Waals surface area (Å²) in [4.78, 5) is 20.7. The molecule has 0 aliphatic rings. The summed E-state index contributed by atoms with van der Waals surface area (Å²) < 4.78 is 0. The molecule has 0 saturated carbocycles. The van der Waals surface area contributed by atoms with Crippen molar-refractivity contribution in [2.45, 2.75) is 19.5 Å². The van der Waals surface area contributed by atoms with Gasteiger partial charge in [-0.25, -0.2) is 9.97 Å². The molecule has 0 saturated heterocycles. The predicted molar refractivity (Wildman–Crippen MR) is 103 cm³/mol. The van der Waals surface area contributed by atoms with Gasteiger partial charge in [-0.1, -0.05) is 54.1 Å². The van der Waals surface area contributed by atoms with Gasteiger partial charge in [0.05, 0.1) is 18.4 Å². The first-order chi connectivity index (χ1) is 12.6. The van der Waals surface area contributed by atoms with Crippen LogP contribution in [0.2, 0.25) is 5.02 Å². The number of nitrogens with zero attached hydrogens (tertiary/aromatic N) is 2. The van der Waals surface area contributed by atoms with Crippen LogP contribution in [0.15, 0.2) is 67.0 Å². The number of amides is 1. The maximum absolute atomic E-state index is 12.3. The molecule has 3 aromatic rings. The standard InChI is InChI=1S/C20H19ClN4O/c1-14(16-5-3-2-4-6-16)25-20(26)18-12-24-19(13-22-18)23-11-15-7-9-17(21)10-8-15/h2-10,12-14H,11H2,1H3,(H,23,24)(H,25,26). The number of carbonyl (C=O) groups excluding carboxylic acids is 1. The van der Waals surface area contributed by atoms with Gasteiger partial charge in [0.2, 0.25) is 0 Å². The largest absolute Gasteiger partial charge is 0.365 e. The van der Waals surface area contributed by atoms with E-state index in [9.17, 15) is 4.79 Å². The summed E-state index contributed by atoms with van der Waals surface area (Å²) in [6.45, 7) is 2.53. The second kappa shape index (κ2) is 8.45. The lowest BCUT2D eigenvalue weighted by atomic mass is 10.1. The van der Waals surface area contributed by atoms with Crippen molar-refractivity contribution in [3.05, 3.63) is 88.8 Å². The molecule has 0 bridgehead atoms. The van der Waals surface area contributed by atoms with Gasteiger partial charge in [-0.3, -0.25) is 4.79 Å².